The minimum Gasteiger partial charge on any atom is -0.489 e. The van der Waals surface area contributed by atoms with Gasteiger partial charge in [0.15, 0.2) is 0 Å². The number of carbonyl (C=O) groups excluding carboxylic acids is 2. The highest BCUT2D eigenvalue weighted by Gasteiger charge is 2.15. The first kappa shape index (κ1) is 25.3. The second-order valence-electron chi connectivity index (χ2n) is 8.51. The van der Waals surface area contributed by atoms with Crippen LogP contribution in [0, 0.1) is 0 Å². The second kappa shape index (κ2) is 11.8. The number of nitrogens with one attached hydrogen (secondary N) is 1. The maximum atomic E-state index is 12.4. The van der Waals surface area contributed by atoms with Crippen LogP contribution in [0.3, 0.4) is 0 Å². The van der Waals surface area contributed by atoms with Crippen molar-refractivity contribution in [1.29, 1.82) is 0 Å². The predicted octanol–water partition coefficient (Wildman–Crippen LogP) is 5.51. The van der Waals surface area contributed by atoms with Crippen LogP contribution in [0.15, 0.2) is 117 Å². The van der Waals surface area contributed by atoms with Crippen molar-refractivity contribution in [2.75, 3.05) is 0 Å². The van der Waals surface area contributed by atoms with Crippen LogP contribution in [-0.4, -0.2) is 11.9 Å². The molecule has 0 saturated carbocycles. The molecule has 5 aromatic rings. The summed E-state index contributed by atoms with van der Waals surface area (Å²) in [6.45, 7) is 0.604. The molecule has 0 atom stereocenters. The molecule has 194 valence electrons. The average molecular weight is 522 g/mol. The molecule has 0 aliphatic rings. The lowest BCUT2D eigenvalue weighted by molar-refractivity contribution is -0.128. The van der Waals surface area contributed by atoms with E-state index >= 15 is 0 Å². The van der Waals surface area contributed by atoms with E-state index in [0.29, 0.717) is 17.8 Å². The van der Waals surface area contributed by atoms with E-state index < -0.39 is 17.5 Å². The Morgan fingerprint density at radius 1 is 0.872 bits per heavy atom. The van der Waals surface area contributed by atoms with Gasteiger partial charge in [0.1, 0.15) is 35.0 Å². The summed E-state index contributed by atoms with van der Waals surface area (Å²) in [6, 6.07) is 26.6. The Labute approximate surface area is 223 Å². The molecule has 0 spiro atoms. The molecule has 8 nitrogen and oxygen atoms in total. The van der Waals surface area contributed by atoms with E-state index in [-0.39, 0.29) is 23.4 Å². The summed E-state index contributed by atoms with van der Waals surface area (Å²) in [6.07, 6.45) is 4.41. The number of ether oxygens (including phenoxy) is 2. The van der Waals surface area contributed by atoms with Crippen molar-refractivity contribution >= 4 is 28.9 Å². The quantitative estimate of drug-likeness (QED) is 0.118. The zero-order valence-corrected chi connectivity index (χ0v) is 20.7. The van der Waals surface area contributed by atoms with E-state index in [0.717, 1.165) is 16.9 Å². The number of esters is 1. The molecule has 0 fully saturated rings. The summed E-state index contributed by atoms with van der Waals surface area (Å²) in [5.74, 6) is 0.279. The van der Waals surface area contributed by atoms with Crippen LogP contribution in [-0.2, 0) is 17.9 Å². The highest BCUT2D eigenvalue weighted by atomic mass is 16.5. The lowest BCUT2D eigenvalue weighted by Crippen LogP contribution is -2.27. The van der Waals surface area contributed by atoms with Gasteiger partial charge in [-0.05, 0) is 59.7 Å². The van der Waals surface area contributed by atoms with Gasteiger partial charge in [-0.3, -0.25) is 4.79 Å². The standard InChI is InChI=1S/C31H23NO7/c33-29(15-10-21-8-12-24(13-9-21)37-20-22-5-2-1-3-6-22)38-25-14-11-23-17-27(31(35)39-28(23)18-25)30(34)32-19-26-7-4-16-36-26/h1-18H,19-20H2,(H,32,34)/b15-10+. The highest BCUT2D eigenvalue weighted by molar-refractivity contribution is 5.97. The van der Waals surface area contributed by atoms with Gasteiger partial charge < -0.3 is 23.6 Å². The maximum Gasteiger partial charge on any atom is 0.349 e. The zero-order valence-electron chi connectivity index (χ0n) is 20.7. The molecule has 5 rings (SSSR count). The third-order valence-electron chi connectivity index (χ3n) is 5.71. The number of rotatable bonds is 9. The first-order valence-corrected chi connectivity index (χ1v) is 12.1. The molecule has 2 aromatic heterocycles. The van der Waals surface area contributed by atoms with Gasteiger partial charge in [-0.1, -0.05) is 42.5 Å². The van der Waals surface area contributed by atoms with Crippen molar-refractivity contribution in [3.8, 4) is 11.5 Å². The number of hydrogen-bond acceptors (Lipinski definition) is 7. The number of benzene rings is 3. The molecule has 3 aromatic carbocycles. The third kappa shape index (κ3) is 6.69. The van der Waals surface area contributed by atoms with Crippen molar-refractivity contribution in [3.63, 3.8) is 0 Å². The number of hydrogen-bond donors (Lipinski definition) is 1. The molecule has 0 unspecified atom stereocenters. The monoisotopic (exact) mass is 521 g/mol. The third-order valence-corrected chi connectivity index (χ3v) is 5.71. The van der Waals surface area contributed by atoms with Gasteiger partial charge in [-0.25, -0.2) is 9.59 Å². The van der Waals surface area contributed by atoms with Gasteiger partial charge in [0.2, 0.25) is 0 Å². The molecule has 1 amide bonds. The van der Waals surface area contributed by atoms with Crippen LogP contribution >= 0.6 is 0 Å². The minimum atomic E-state index is -0.806. The molecule has 0 saturated heterocycles. The Morgan fingerprint density at radius 3 is 2.44 bits per heavy atom. The fourth-order valence-corrected chi connectivity index (χ4v) is 3.72. The molecule has 1 N–H and O–H groups in total. The van der Waals surface area contributed by atoms with Crippen molar-refractivity contribution in [2.45, 2.75) is 13.2 Å². The fraction of sp³-hybridized carbons (Fsp3) is 0.0645. The lowest BCUT2D eigenvalue weighted by atomic mass is 10.1. The Bertz CT molecular complexity index is 1670. The molecule has 0 bridgehead atoms. The van der Waals surface area contributed by atoms with Crippen LogP contribution in [0.4, 0.5) is 0 Å². The summed E-state index contributed by atoms with van der Waals surface area (Å²) in [5, 5.41) is 3.11. The fourth-order valence-electron chi connectivity index (χ4n) is 3.72. The van der Waals surface area contributed by atoms with Gasteiger partial charge in [0.05, 0.1) is 12.8 Å². The molecule has 8 heteroatoms. The smallest absolute Gasteiger partial charge is 0.349 e. The predicted molar refractivity (Wildman–Crippen MR) is 144 cm³/mol. The number of furan rings is 1. The van der Waals surface area contributed by atoms with Crippen LogP contribution in [0.2, 0.25) is 0 Å². The van der Waals surface area contributed by atoms with Gasteiger partial charge in [0, 0.05) is 17.5 Å². The van der Waals surface area contributed by atoms with E-state index in [4.69, 9.17) is 18.3 Å². The first-order chi connectivity index (χ1) is 19.0. The largest absolute Gasteiger partial charge is 0.489 e. The molecule has 0 radical (unpaired) electrons. The van der Waals surface area contributed by atoms with Crippen LogP contribution in [0.5, 0.6) is 11.5 Å². The van der Waals surface area contributed by atoms with Crippen molar-refractivity contribution in [2.24, 2.45) is 0 Å². The topological polar surface area (TPSA) is 108 Å². The van der Waals surface area contributed by atoms with E-state index in [1.54, 1.807) is 30.3 Å². The van der Waals surface area contributed by atoms with Gasteiger partial charge in [-0.2, -0.15) is 0 Å². The van der Waals surface area contributed by atoms with Crippen molar-refractivity contribution in [3.05, 3.63) is 136 Å². The van der Waals surface area contributed by atoms with Gasteiger partial charge in [-0.15, -0.1) is 0 Å². The summed E-state index contributed by atoms with van der Waals surface area (Å²) in [4.78, 5) is 37.1. The number of fused-ring (bicyclic) bond motifs is 1. The Morgan fingerprint density at radius 2 is 1.67 bits per heavy atom. The maximum absolute atomic E-state index is 12.4. The molecule has 2 heterocycles. The minimum absolute atomic E-state index is 0.137. The molecule has 0 aliphatic carbocycles. The Hall–Kier alpha value is -5.37. The van der Waals surface area contributed by atoms with Crippen molar-refractivity contribution in [1.82, 2.24) is 5.32 Å². The molecular formula is C31H23NO7. The second-order valence-corrected chi connectivity index (χ2v) is 8.51. The van der Waals surface area contributed by atoms with Crippen molar-refractivity contribution < 1.29 is 27.9 Å². The number of carbonyl (C=O) groups is 2. The summed E-state index contributed by atoms with van der Waals surface area (Å²) >= 11 is 0. The van der Waals surface area contributed by atoms with Gasteiger partial charge in [0.25, 0.3) is 5.91 Å². The summed E-state index contributed by atoms with van der Waals surface area (Å²) in [7, 11) is 0. The Kier molecular flexibility index (Phi) is 7.64. The number of amides is 1. The first-order valence-electron chi connectivity index (χ1n) is 12.1. The zero-order chi connectivity index (χ0) is 27.0. The Balaban J connectivity index is 1.18. The lowest BCUT2D eigenvalue weighted by Gasteiger charge is -2.06. The summed E-state index contributed by atoms with van der Waals surface area (Å²) < 4.78 is 21.6. The van der Waals surface area contributed by atoms with E-state index in [2.05, 4.69) is 5.32 Å². The van der Waals surface area contributed by atoms with Crippen LogP contribution < -0.4 is 20.4 Å². The highest BCUT2D eigenvalue weighted by Crippen LogP contribution is 2.21. The van der Waals surface area contributed by atoms with Crippen LogP contribution in [0.1, 0.15) is 27.2 Å². The normalized spacial score (nSPS) is 11.0. The summed E-state index contributed by atoms with van der Waals surface area (Å²) in [5.41, 5.74) is 1.10. The van der Waals surface area contributed by atoms with E-state index in [1.807, 2.05) is 54.6 Å². The molecule has 0 aliphatic heterocycles. The van der Waals surface area contributed by atoms with Crippen LogP contribution in [0.25, 0.3) is 17.0 Å². The van der Waals surface area contributed by atoms with E-state index in [9.17, 15) is 14.4 Å². The molecular weight excluding hydrogens is 498 g/mol. The SMILES string of the molecule is O=C(/C=C/c1ccc(OCc2ccccc2)cc1)Oc1ccc2cc(C(=O)NCc3ccco3)c(=O)oc2c1. The average Bonchev–Trinajstić information content (AvgIpc) is 3.48. The van der Waals surface area contributed by atoms with Gasteiger partial charge >= 0.3 is 11.6 Å². The van der Waals surface area contributed by atoms with E-state index in [1.165, 1.54) is 24.5 Å². The molecule has 39 heavy (non-hydrogen) atoms.